The maximum atomic E-state index is 8.71. The van der Waals surface area contributed by atoms with Gasteiger partial charge in [-0.3, -0.25) is 0 Å². The van der Waals surface area contributed by atoms with Crippen molar-refractivity contribution in [3.8, 4) is 23.1 Å². The highest BCUT2D eigenvalue weighted by molar-refractivity contribution is 6.35. The number of pyridine rings is 1. The number of oxime groups is 1. The van der Waals surface area contributed by atoms with Crippen molar-refractivity contribution in [1.82, 2.24) is 4.98 Å². The van der Waals surface area contributed by atoms with Crippen LogP contribution in [0.3, 0.4) is 0 Å². The van der Waals surface area contributed by atoms with Crippen molar-refractivity contribution in [1.29, 1.82) is 0 Å². The van der Waals surface area contributed by atoms with Crippen molar-refractivity contribution in [2.24, 2.45) is 10.9 Å². The van der Waals surface area contributed by atoms with E-state index in [1.807, 2.05) is 0 Å². The number of hydrogen-bond donors (Lipinski definition) is 2. The van der Waals surface area contributed by atoms with Crippen molar-refractivity contribution in [2.75, 3.05) is 6.79 Å². The van der Waals surface area contributed by atoms with Crippen LogP contribution in [0.4, 0.5) is 0 Å². The van der Waals surface area contributed by atoms with E-state index in [1.165, 1.54) is 12.3 Å². The van der Waals surface area contributed by atoms with Gasteiger partial charge in [-0.05, 0) is 18.2 Å². The zero-order chi connectivity index (χ0) is 14.8. The monoisotopic (exact) mass is 307 g/mol. The molecule has 2 heterocycles. The molecule has 1 aromatic heterocycles. The summed E-state index contributed by atoms with van der Waals surface area (Å²) in [7, 11) is 0. The molecule has 0 unspecified atom stereocenters. The van der Waals surface area contributed by atoms with Crippen molar-refractivity contribution < 1.29 is 19.4 Å². The summed E-state index contributed by atoms with van der Waals surface area (Å²) in [5, 5.41) is 11.8. The van der Waals surface area contributed by atoms with Gasteiger partial charge in [-0.1, -0.05) is 16.8 Å². The quantitative estimate of drug-likeness (QED) is 0.391. The van der Waals surface area contributed by atoms with E-state index in [2.05, 4.69) is 10.1 Å². The first-order chi connectivity index (χ1) is 10.2. The Hall–Kier alpha value is -2.67. The summed E-state index contributed by atoms with van der Waals surface area (Å²) in [6.45, 7) is 0.177. The molecule has 0 radical (unpaired) electrons. The third kappa shape index (κ3) is 2.50. The minimum absolute atomic E-state index is 0.127. The summed E-state index contributed by atoms with van der Waals surface area (Å²) >= 11 is 6.13. The Balaban J connectivity index is 1.92. The van der Waals surface area contributed by atoms with Crippen LogP contribution in [0.2, 0.25) is 5.02 Å². The molecule has 0 bridgehead atoms. The smallest absolute Gasteiger partial charge is 0.238 e. The summed E-state index contributed by atoms with van der Waals surface area (Å²) in [4.78, 5) is 4.03. The second-order valence-corrected chi connectivity index (χ2v) is 4.46. The standard InChI is InChI=1S/C13H10ClN3O4/c14-11-8(12(15)17-18)3-4-16-13(11)21-7-1-2-9-10(5-7)20-6-19-9/h1-5,18H,6H2,(H2,15,17). The molecule has 1 aliphatic heterocycles. The van der Waals surface area contributed by atoms with E-state index >= 15 is 0 Å². The minimum atomic E-state index is -0.127. The molecule has 2 aromatic rings. The molecule has 0 aliphatic carbocycles. The second-order valence-electron chi connectivity index (χ2n) is 4.08. The van der Waals surface area contributed by atoms with E-state index in [0.29, 0.717) is 22.8 Å². The highest BCUT2D eigenvalue weighted by Gasteiger charge is 2.16. The number of nitrogens with two attached hydrogens (primary N) is 1. The lowest BCUT2D eigenvalue weighted by molar-refractivity contribution is 0.174. The maximum absolute atomic E-state index is 8.71. The Labute approximate surface area is 124 Å². The van der Waals surface area contributed by atoms with E-state index in [-0.39, 0.29) is 23.5 Å². The third-order valence-electron chi connectivity index (χ3n) is 2.80. The van der Waals surface area contributed by atoms with Crippen LogP contribution in [0, 0.1) is 0 Å². The molecule has 1 aliphatic rings. The third-order valence-corrected chi connectivity index (χ3v) is 3.16. The predicted molar refractivity (Wildman–Crippen MR) is 74.4 cm³/mol. The fourth-order valence-electron chi connectivity index (χ4n) is 1.80. The van der Waals surface area contributed by atoms with Crippen molar-refractivity contribution in [3.63, 3.8) is 0 Å². The van der Waals surface area contributed by atoms with Gasteiger partial charge < -0.3 is 25.2 Å². The van der Waals surface area contributed by atoms with Crippen LogP contribution >= 0.6 is 11.6 Å². The average Bonchev–Trinajstić information content (AvgIpc) is 2.96. The van der Waals surface area contributed by atoms with Crippen LogP contribution in [-0.2, 0) is 0 Å². The van der Waals surface area contributed by atoms with E-state index in [4.69, 9.17) is 36.8 Å². The fourth-order valence-corrected chi connectivity index (χ4v) is 2.05. The molecule has 3 N–H and O–H groups in total. The van der Waals surface area contributed by atoms with Gasteiger partial charge in [0.25, 0.3) is 0 Å². The number of halogens is 1. The molecule has 0 saturated heterocycles. The van der Waals surface area contributed by atoms with Gasteiger partial charge in [-0.25, -0.2) is 4.98 Å². The number of fused-ring (bicyclic) bond motifs is 1. The highest BCUT2D eigenvalue weighted by atomic mass is 35.5. The summed E-state index contributed by atoms with van der Waals surface area (Å²) in [5.74, 6) is 1.71. The summed E-state index contributed by atoms with van der Waals surface area (Å²) in [6.07, 6.45) is 1.45. The van der Waals surface area contributed by atoms with E-state index in [1.54, 1.807) is 18.2 Å². The molecule has 0 spiro atoms. The Morgan fingerprint density at radius 3 is 2.95 bits per heavy atom. The number of aromatic nitrogens is 1. The van der Waals surface area contributed by atoms with Crippen LogP contribution in [0.15, 0.2) is 35.6 Å². The van der Waals surface area contributed by atoms with Gasteiger partial charge >= 0.3 is 0 Å². The van der Waals surface area contributed by atoms with Crippen molar-refractivity contribution in [2.45, 2.75) is 0 Å². The number of amidine groups is 1. The zero-order valence-corrected chi connectivity index (χ0v) is 11.4. The van der Waals surface area contributed by atoms with Gasteiger partial charge in [0.15, 0.2) is 17.3 Å². The Morgan fingerprint density at radius 2 is 2.14 bits per heavy atom. The molecule has 0 amide bonds. The number of ether oxygens (including phenoxy) is 3. The van der Waals surface area contributed by atoms with Crippen molar-refractivity contribution in [3.05, 3.63) is 41.0 Å². The van der Waals surface area contributed by atoms with Gasteiger partial charge in [0.05, 0.1) is 0 Å². The van der Waals surface area contributed by atoms with Crippen LogP contribution in [0.25, 0.3) is 0 Å². The topological polar surface area (TPSA) is 99.2 Å². The summed E-state index contributed by atoms with van der Waals surface area (Å²) in [6, 6.07) is 6.60. The molecule has 8 heteroatoms. The van der Waals surface area contributed by atoms with E-state index in [0.717, 1.165) is 0 Å². The van der Waals surface area contributed by atoms with Gasteiger partial charge in [0.1, 0.15) is 10.8 Å². The Kier molecular flexibility index (Phi) is 3.41. The first-order valence-electron chi connectivity index (χ1n) is 5.89. The van der Waals surface area contributed by atoms with E-state index < -0.39 is 0 Å². The van der Waals surface area contributed by atoms with Gasteiger partial charge in [0.2, 0.25) is 12.7 Å². The first-order valence-corrected chi connectivity index (χ1v) is 6.26. The maximum Gasteiger partial charge on any atom is 0.238 e. The number of rotatable bonds is 3. The molecule has 0 saturated carbocycles. The Morgan fingerprint density at radius 1 is 1.33 bits per heavy atom. The minimum Gasteiger partial charge on any atom is -0.454 e. The molecular weight excluding hydrogens is 298 g/mol. The SMILES string of the molecule is N/C(=N/O)c1ccnc(Oc2ccc3c(c2)OCO3)c1Cl. The van der Waals surface area contributed by atoms with Crippen LogP contribution in [0.5, 0.6) is 23.1 Å². The lowest BCUT2D eigenvalue weighted by Gasteiger charge is -2.09. The van der Waals surface area contributed by atoms with Crippen LogP contribution < -0.4 is 19.9 Å². The van der Waals surface area contributed by atoms with Gasteiger partial charge in [-0.2, -0.15) is 0 Å². The van der Waals surface area contributed by atoms with Crippen LogP contribution in [-0.4, -0.2) is 22.8 Å². The molecule has 108 valence electrons. The normalized spacial score (nSPS) is 13.3. The predicted octanol–water partition coefficient (Wildman–Crippen LogP) is 2.35. The summed E-state index contributed by atoms with van der Waals surface area (Å²) < 4.78 is 16.1. The lowest BCUT2D eigenvalue weighted by Crippen LogP contribution is -2.14. The lowest BCUT2D eigenvalue weighted by atomic mass is 10.2. The highest BCUT2D eigenvalue weighted by Crippen LogP contribution is 2.37. The number of nitrogens with zero attached hydrogens (tertiary/aromatic N) is 2. The largest absolute Gasteiger partial charge is 0.454 e. The van der Waals surface area contributed by atoms with Crippen LogP contribution in [0.1, 0.15) is 5.56 Å². The molecule has 0 atom stereocenters. The zero-order valence-electron chi connectivity index (χ0n) is 10.6. The molecule has 7 nitrogen and oxygen atoms in total. The average molecular weight is 308 g/mol. The molecule has 1 aromatic carbocycles. The number of benzene rings is 1. The first kappa shape index (κ1) is 13.3. The fraction of sp³-hybridized carbons (Fsp3) is 0.0769. The molecule has 0 fully saturated rings. The molecule has 3 rings (SSSR count). The van der Waals surface area contributed by atoms with Crippen molar-refractivity contribution >= 4 is 17.4 Å². The molecular formula is C13H10ClN3O4. The Bertz CT molecular complexity index is 721. The second kappa shape index (κ2) is 5.37. The van der Waals surface area contributed by atoms with Gasteiger partial charge in [0, 0.05) is 17.8 Å². The molecule has 21 heavy (non-hydrogen) atoms. The van der Waals surface area contributed by atoms with Gasteiger partial charge in [-0.15, -0.1) is 0 Å². The number of hydrogen-bond acceptors (Lipinski definition) is 6. The summed E-state index contributed by atoms with van der Waals surface area (Å²) in [5.41, 5.74) is 5.85. The van der Waals surface area contributed by atoms with E-state index in [9.17, 15) is 0 Å².